The van der Waals surface area contributed by atoms with Gasteiger partial charge in [0.05, 0.1) is 6.04 Å². The Kier molecular flexibility index (Phi) is 4.49. The molecule has 0 bridgehead atoms. The summed E-state index contributed by atoms with van der Waals surface area (Å²) in [4.78, 5) is 21.5. The molecule has 0 aliphatic rings. The van der Waals surface area contributed by atoms with E-state index in [0.717, 1.165) is 16.3 Å². The van der Waals surface area contributed by atoms with Crippen LogP contribution in [0.15, 0.2) is 28.7 Å². The monoisotopic (exact) mass is 269 g/mol. The molecule has 1 rings (SSSR count). The number of hydrogen-bond acceptors (Lipinski definition) is 2. The molecule has 0 aliphatic heterocycles. The summed E-state index contributed by atoms with van der Waals surface area (Å²) in [6, 6.07) is 7.21. The fourth-order valence-electron chi connectivity index (χ4n) is 1.27. The minimum Gasteiger partial charge on any atom is -0.346 e. The Bertz CT molecular complexity index is 348. The second kappa shape index (κ2) is 5.66. The van der Waals surface area contributed by atoms with E-state index in [9.17, 15) is 9.59 Å². The van der Waals surface area contributed by atoms with E-state index in [1.54, 1.807) is 0 Å². The zero-order chi connectivity index (χ0) is 11.3. The highest BCUT2D eigenvalue weighted by atomic mass is 79.9. The Balaban J connectivity index is 2.62. The third kappa shape index (κ3) is 4.25. The smallest absolute Gasteiger partial charge is 0.217 e. The Morgan fingerprint density at radius 3 is 2.53 bits per heavy atom. The van der Waals surface area contributed by atoms with Crippen LogP contribution < -0.4 is 5.32 Å². The van der Waals surface area contributed by atoms with Gasteiger partial charge in [0.25, 0.3) is 0 Å². The molecule has 0 aromatic heterocycles. The lowest BCUT2D eigenvalue weighted by atomic mass is 10.1. The first-order valence-corrected chi connectivity index (χ1v) is 5.38. The SMILES string of the molecule is CC(=O)N[C@H](C=O)Cc1ccc(Br)cc1. The van der Waals surface area contributed by atoms with Crippen LogP contribution >= 0.6 is 15.9 Å². The molecule has 0 fully saturated rings. The van der Waals surface area contributed by atoms with E-state index < -0.39 is 6.04 Å². The van der Waals surface area contributed by atoms with Crippen LogP contribution in [0.2, 0.25) is 0 Å². The van der Waals surface area contributed by atoms with Gasteiger partial charge in [-0.05, 0) is 24.1 Å². The molecule has 15 heavy (non-hydrogen) atoms. The molecular weight excluding hydrogens is 258 g/mol. The zero-order valence-electron chi connectivity index (χ0n) is 8.37. The maximum absolute atomic E-state index is 10.8. The average molecular weight is 270 g/mol. The number of carbonyl (C=O) groups excluding carboxylic acids is 2. The Hall–Kier alpha value is -1.16. The highest BCUT2D eigenvalue weighted by molar-refractivity contribution is 9.10. The van der Waals surface area contributed by atoms with Crippen molar-refractivity contribution in [1.29, 1.82) is 0 Å². The van der Waals surface area contributed by atoms with Gasteiger partial charge in [0.2, 0.25) is 5.91 Å². The molecule has 1 amide bonds. The molecule has 0 radical (unpaired) electrons. The van der Waals surface area contributed by atoms with E-state index in [2.05, 4.69) is 21.2 Å². The molecule has 0 spiro atoms. The Morgan fingerprint density at radius 1 is 1.47 bits per heavy atom. The number of hydrogen-bond donors (Lipinski definition) is 1. The van der Waals surface area contributed by atoms with Gasteiger partial charge in [-0.15, -0.1) is 0 Å². The van der Waals surface area contributed by atoms with E-state index in [0.29, 0.717) is 6.42 Å². The van der Waals surface area contributed by atoms with Crippen molar-refractivity contribution in [3.63, 3.8) is 0 Å². The Morgan fingerprint density at radius 2 is 2.07 bits per heavy atom. The van der Waals surface area contributed by atoms with Crippen LogP contribution in [0.1, 0.15) is 12.5 Å². The second-order valence-corrected chi connectivity index (χ2v) is 4.19. The molecule has 0 saturated heterocycles. The summed E-state index contributed by atoms with van der Waals surface area (Å²) in [6.07, 6.45) is 1.28. The van der Waals surface area contributed by atoms with Gasteiger partial charge in [0.15, 0.2) is 0 Å². The fraction of sp³-hybridized carbons (Fsp3) is 0.273. The largest absolute Gasteiger partial charge is 0.346 e. The highest BCUT2D eigenvalue weighted by Crippen LogP contribution is 2.11. The van der Waals surface area contributed by atoms with Gasteiger partial charge in [-0.2, -0.15) is 0 Å². The number of nitrogens with one attached hydrogen (secondary N) is 1. The van der Waals surface area contributed by atoms with E-state index in [1.807, 2.05) is 24.3 Å². The van der Waals surface area contributed by atoms with Crippen LogP contribution in [0, 0.1) is 0 Å². The third-order valence-corrected chi connectivity index (χ3v) is 2.45. The molecule has 1 atom stereocenters. The van der Waals surface area contributed by atoms with Crippen LogP contribution in [0.4, 0.5) is 0 Å². The summed E-state index contributed by atoms with van der Waals surface area (Å²) in [6.45, 7) is 1.40. The molecule has 4 heteroatoms. The normalized spacial score (nSPS) is 11.9. The molecular formula is C11H12BrNO2. The van der Waals surface area contributed by atoms with Crippen molar-refractivity contribution < 1.29 is 9.59 Å². The fourth-order valence-corrected chi connectivity index (χ4v) is 1.53. The van der Waals surface area contributed by atoms with Crippen LogP contribution in [-0.4, -0.2) is 18.2 Å². The molecule has 0 heterocycles. The average Bonchev–Trinajstić information content (AvgIpc) is 2.19. The van der Waals surface area contributed by atoms with Gasteiger partial charge in [0, 0.05) is 11.4 Å². The third-order valence-electron chi connectivity index (χ3n) is 1.92. The van der Waals surface area contributed by atoms with Crippen LogP contribution in [0.25, 0.3) is 0 Å². The minimum atomic E-state index is -0.441. The first-order valence-electron chi connectivity index (χ1n) is 4.58. The molecule has 3 nitrogen and oxygen atoms in total. The summed E-state index contributed by atoms with van der Waals surface area (Å²) in [5, 5.41) is 2.57. The molecule has 1 aromatic carbocycles. The molecule has 1 aromatic rings. The van der Waals surface area contributed by atoms with Gasteiger partial charge >= 0.3 is 0 Å². The summed E-state index contributed by atoms with van der Waals surface area (Å²) in [7, 11) is 0. The van der Waals surface area contributed by atoms with Gasteiger partial charge in [-0.1, -0.05) is 28.1 Å². The number of halogens is 1. The van der Waals surface area contributed by atoms with Crippen LogP contribution in [0.5, 0.6) is 0 Å². The van der Waals surface area contributed by atoms with Crippen molar-refractivity contribution in [2.45, 2.75) is 19.4 Å². The molecule has 0 unspecified atom stereocenters. The van der Waals surface area contributed by atoms with E-state index in [4.69, 9.17) is 0 Å². The minimum absolute atomic E-state index is 0.191. The van der Waals surface area contributed by atoms with Crippen molar-refractivity contribution in [2.75, 3.05) is 0 Å². The molecule has 0 saturated carbocycles. The number of amides is 1. The second-order valence-electron chi connectivity index (χ2n) is 3.27. The molecule has 80 valence electrons. The predicted molar refractivity (Wildman–Crippen MR) is 61.5 cm³/mol. The van der Waals surface area contributed by atoms with E-state index in [-0.39, 0.29) is 5.91 Å². The van der Waals surface area contributed by atoms with Crippen molar-refractivity contribution in [3.8, 4) is 0 Å². The first kappa shape index (κ1) is 11.9. The van der Waals surface area contributed by atoms with Gasteiger partial charge in [-0.3, -0.25) is 4.79 Å². The summed E-state index contributed by atoms with van der Waals surface area (Å²) >= 11 is 3.33. The lowest BCUT2D eigenvalue weighted by Crippen LogP contribution is -2.35. The topological polar surface area (TPSA) is 46.2 Å². The maximum Gasteiger partial charge on any atom is 0.217 e. The quantitative estimate of drug-likeness (QED) is 0.846. The standard InChI is InChI=1S/C11H12BrNO2/c1-8(15)13-11(7-14)6-9-2-4-10(12)5-3-9/h2-5,7,11H,6H2,1H3,(H,13,15)/t11-/m0/s1. The van der Waals surface area contributed by atoms with Crippen LogP contribution in [0.3, 0.4) is 0 Å². The summed E-state index contributed by atoms with van der Waals surface area (Å²) < 4.78 is 0.994. The number of carbonyl (C=O) groups is 2. The summed E-state index contributed by atoms with van der Waals surface area (Å²) in [5.41, 5.74) is 1.02. The van der Waals surface area contributed by atoms with Crippen molar-refractivity contribution in [1.82, 2.24) is 5.32 Å². The van der Waals surface area contributed by atoms with E-state index in [1.165, 1.54) is 6.92 Å². The van der Waals surface area contributed by atoms with Gasteiger partial charge in [-0.25, -0.2) is 0 Å². The lowest BCUT2D eigenvalue weighted by Gasteiger charge is -2.10. The Labute approximate surface area is 97.0 Å². The molecule has 1 N–H and O–H groups in total. The number of rotatable bonds is 4. The number of benzene rings is 1. The van der Waals surface area contributed by atoms with Crippen LogP contribution in [-0.2, 0) is 16.0 Å². The van der Waals surface area contributed by atoms with Crippen molar-refractivity contribution >= 4 is 28.1 Å². The first-order chi connectivity index (χ1) is 7.11. The van der Waals surface area contributed by atoms with Gasteiger partial charge < -0.3 is 10.1 Å². The molecule has 0 aliphatic carbocycles. The highest BCUT2D eigenvalue weighted by Gasteiger charge is 2.08. The number of aldehydes is 1. The zero-order valence-corrected chi connectivity index (χ0v) is 9.95. The maximum atomic E-state index is 10.8. The predicted octanol–water partition coefficient (Wildman–Crippen LogP) is 1.70. The van der Waals surface area contributed by atoms with E-state index >= 15 is 0 Å². The van der Waals surface area contributed by atoms with Crippen molar-refractivity contribution in [2.24, 2.45) is 0 Å². The lowest BCUT2D eigenvalue weighted by molar-refractivity contribution is -0.122. The summed E-state index contributed by atoms with van der Waals surface area (Å²) in [5.74, 6) is -0.191. The van der Waals surface area contributed by atoms with Crippen molar-refractivity contribution in [3.05, 3.63) is 34.3 Å². The van der Waals surface area contributed by atoms with Gasteiger partial charge in [0.1, 0.15) is 6.29 Å².